The summed E-state index contributed by atoms with van der Waals surface area (Å²) in [7, 11) is 2.59. The normalized spacial score (nSPS) is 22.4. The minimum Gasteiger partial charge on any atom is -0.475 e. The largest absolute Gasteiger partial charge is 0.475 e. The number of esters is 2. The predicted octanol–water partition coefficient (Wildman–Crippen LogP) is 2.85. The van der Waals surface area contributed by atoms with Crippen LogP contribution in [0.1, 0.15) is 74.6 Å². The van der Waals surface area contributed by atoms with Crippen molar-refractivity contribution in [3.8, 4) is 11.8 Å². The summed E-state index contributed by atoms with van der Waals surface area (Å²) in [5, 5.41) is 6.15. The van der Waals surface area contributed by atoms with Crippen LogP contribution in [0.4, 0.5) is 39.4 Å². The maximum Gasteiger partial charge on any atom is 0.376 e. The molecule has 0 aromatic carbocycles. The van der Waals surface area contributed by atoms with Gasteiger partial charge in [0, 0.05) is 44.4 Å². The average Bonchev–Trinajstić information content (AvgIpc) is 3.88. The summed E-state index contributed by atoms with van der Waals surface area (Å²) in [6.45, 7) is 12.5. The summed E-state index contributed by atoms with van der Waals surface area (Å²) >= 11 is 0. The van der Waals surface area contributed by atoms with Crippen LogP contribution in [0.5, 0.6) is 11.8 Å². The molecule has 4 aromatic rings. The lowest BCUT2D eigenvalue weighted by Gasteiger charge is -2.45. The van der Waals surface area contributed by atoms with Gasteiger partial charge >= 0.3 is 18.0 Å². The molecule has 4 N–H and O–H groups in total. The van der Waals surface area contributed by atoms with Gasteiger partial charge in [-0.25, -0.2) is 54.3 Å². The zero-order chi connectivity index (χ0) is 48.0. The maximum atomic E-state index is 13.4. The van der Waals surface area contributed by atoms with Crippen LogP contribution >= 0.6 is 0 Å². The highest BCUT2D eigenvalue weighted by Crippen LogP contribution is 2.38. The molecule has 0 saturated carbocycles. The third-order valence-corrected chi connectivity index (χ3v) is 11.4. The van der Waals surface area contributed by atoms with Gasteiger partial charge in [-0.05, 0) is 53.4 Å². The third-order valence-electron chi connectivity index (χ3n) is 11.4. The average molecular weight is 945 g/mol. The number of nitrogen functional groups attached to an aromatic ring is 1. The van der Waals surface area contributed by atoms with E-state index in [-0.39, 0.29) is 42.3 Å². The van der Waals surface area contributed by atoms with Gasteiger partial charge in [0.1, 0.15) is 49.7 Å². The lowest BCUT2D eigenvalue weighted by molar-refractivity contribution is -0.142. The fourth-order valence-corrected chi connectivity index (χ4v) is 8.32. The molecule has 0 aliphatic carbocycles. The molecule has 6 aliphatic rings. The first-order valence-corrected chi connectivity index (χ1v) is 22.2. The minimum absolute atomic E-state index is 0.0776. The van der Waals surface area contributed by atoms with E-state index < -0.39 is 29.5 Å². The molecule has 25 nitrogen and oxygen atoms in total. The van der Waals surface area contributed by atoms with E-state index in [1.807, 2.05) is 27.7 Å². The molecule has 4 bridgehead atoms. The van der Waals surface area contributed by atoms with Gasteiger partial charge in [-0.15, -0.1) is 0 Å². The highest BCUT2D eigenvalue weighted by atomic mass is 16.8. The Balaban J connectivity index is 0.000000157. The van der Waals surface area contributed by atoms with Gasteiger partial charge in [0.05, 0.1) is 57.2 Å². The molecule has 25 heteroatoms. The van der Waals surface area contributed by atoms with Gasteiger partial charge < -0.3 is 58.7 Å². The number of piperidine rings is 2. The predicted molar refractivity (Wildman–Crippen MR) is 242 cm³/mol. The monoisotopic (exact) mass is 944 g/mol. The number of amides is 2. The fraction of sp³-hybridized carbons (Fsp3) is 0.558. The second-order valence-corrected chi connectivity index (χ2v) is 17.3. The molecule has 6 aliphatic heterocycles. The molecular formula is C43H56N14O11. The lowest BCUT2D eigenvalue weighted by Crippen LogP contribution is -2.56. The Morgan fingerprint density at radius 3 is 1.97 bits per heavy atom. The molecule has 0 spiro atoms. The number of ether oxygens (including phenoxy) is 8. The van der Waals surface area contributed by atoms with E-state index in [0.29, 0.717) is 61.5 Å². The Labute approximate surface area is 391 Å². The Hall–Kier alpha value is -6.83. The van der Waals surface area contributed by atoms with Crippen LogP contribution in [-0.2, 0) is 28.4 Å². The van der Waals surface area contributed by atoms with E-state index in [1.165, 1.54) is 39.4 Å². The van der Waals surface area contributed by atoms with Gasteiger partial charge in [-0.2, -0.15) is 0 Å². The topological polar surface area (TPSA) is 288 Å². The highest BCUT2D eigenvalue weighted by molar-refractivity contribution is 6.04. The Morgan fingerprint density at radius 2 is 1.35 bits per heavy atom. The summed E-state index contributed by atoms with van der Waals surface area (Å²) in [6, 6.07) is 3.00. The number of anilines is 6. The quantitative estimate of drug-likeness (QED) is 0.203. The first kappa shape index (κ1) is 47.7. The highest BCUT2D eigenvalue weighted by Gasteiger charge is 2.40. The number of nitrogens with two attached hydrogens (primary N) is 1. The van der Waals surface area contributed by atoms with Crippen molar-refractivity contribution in [3.63, 3.8) is 0 Å². The number of carbonyl (C=O) groups is 3. The van der Waals surface area contributed by atoms with Crippen molar-refractivity contribution >= 4 is 52.6 Å². The summed E-state index contributed by atoms with van der Waals surface area (Å²) in [5.74, 6) is 0.161. The molecule has 10 heterocycles. The summed E-state index contributed by atoms with van der Waals surface area (Å²) in [4.78, 5) is 75.5. The van der Waals surface area contributed by atoms with Crippen LogP contribution in [0.15, 0.2) is 37.2 Å². The van der Waals surface area contributed by atoms with Crippen LogP contribution in [0.3, 0.4) is 0 Å². The van der Waals surface area contributed by atoms with Crippen molar-refractivity contribution in [2.45, 2.75) is 89.2 Å². The molecule has 10 rings (SSSR count). The van der Waals surface area contributed by atoms with E-state index in [1.54, 1.807) is 23.4 Å². The molecule has 0 radical (unpaired) electrons. The molecule has 4 aromatic heterocycles. The zero-order valence-electron chi connectivity index (χ0n) is 38.7. The number of hydrogen-bond acceptors (Lipinski definition) is 23. The van der Waals surface area contributed by atoms with Crippen molar-refractivity contribution in [1.82, 2.24) is 39.9 Å². The molecule has 4 fully saturated rings. The van der Waals surface area contributed by atoms with Crippen LogP contribution in [0, 0.1) is 0 Å². The summed E-state index contributed by atoms with van der Waals surface area (Å²) in [5.41, 5.74) is 7.17. The van der Waals surface area contributed by atoms with E-state index >= 15 is 0 Å². The SMILES string of the molecule is CC1(C)OC[C@H](COc2cc(N)ncn2)O1.COC(=O)c1ncc2c(n1)N(C(=O)Nc1cc(OC[C@H]3COC(C)(C)O3)ncn1)[C@H]1CCCN2C1.COC(=O)c1ncc2c(n1)N[C@H]1CCCN2C1. The number of hydrogen-bond donors (Lipinski definition) is 3. The first-order chi connectivity index (χ1) is 32.7. The Bertz CT molecular complexity index is 2450. The number of fused-ring (bicyclic) bond motifs is 8. The maximum absolute atomic E-state index is 13.4. The smallest absolute Gasteiger partial charge is 0.376 e. The Kier molecular flexibility index (Phi) is 14.4. The molecule has 68 heavy (non-hydrogen) atoms. The first-order valence-electron chi connectivity index (χ1n) is 22.2. The molecule has 2 amide bonds. The van der Waals surface area contributed by atoms with Gasteiger partial charge in [-0.3, -0.25) is 10.2 Å². The number of urea groups is 1. The summed E-state index contributed by atoms with van der Waals surface area (Å²) < 4.78 is 42.8. The van der Waals surface area contributed by atoms with Gasteiger partial charge in [0.25, 0.3) is 0 Å². The van der Waals surface area contributed by atoms with Crippen LogP contribution < -0.4 is 40.5 Å². The molecule has 0 unspecified atom stereocenters. The number of nitrogens with one attached hydrogen (secondary N) is 2. The second-order valence-electron chi connectivity index (χ2n) is 17.3. The van der Waals surface area contributed by atoms with E-state index in [2.05, 4.69) is 65.0 Å². The number of rotatable bonds is 9. The molecular weight excluding hydrogens is 889 g/mol. The molecule has 4 atom stereocenters. The van der Waals surface area contributed by atoms with Crippen LogP contribution in [-0.4, -0.2) is 161 Å². The number of nitrogens with zero attached hydrogens (tertiary/aromatic N) is 11. The van der Waals surface area contributed by atoms with E-state index in [0.717, 1.165) is 50.4 Å². The standard InChI is InChI=1S/C22H27N7O6.C11H14N4O2.C10H15N3O3/c1-22(2)34-11-14(35-22)10-33-17-7-16(24-12-25-17)26-21(31)29-13-5-4-6-28(9-13)15-8-23-18(20(30)32-3)27-19(15)29;1-17-11(16)10-12-5-8-9(14-10)13-7-3-2-4-15(8)6-7;1-10(2)15-5-7(16-10)4-14-9-3-8(11)12-6-13-9/h7-8,12-14H,4-6,9-11H2,1-3H3,(H,24,25,26,31);5,7H,2-4,6H2,1H3,(H,12,13,14);3,6-7H,4-5H2,1-2H3,(H2,11,12,13)/t13-,14-;2*7-/m000/s1. The van der Waals surface area contributed by atoms with Crippen molar-refractivity contribution in [3.05, 3.63) is 48.8 Å². The van der Waals surface area contributed by atoms with Crippen molar-refractivity contribution in [1.29, 1.82) is 0 Å². The van der Waals surface area contributed by atoms with Gasteiger partial charge in [0.2, 0.25) is 23.4 Å². The minimum atomic E-state index is -0.670. The molecule has 364 valence electrons. The number of carbonyl (C=O) groups excluding carboxylic acids is 3. The van der Waals surface area contributed by atoms with E-state index in [4.69, 9.17) is 38.9 Å². The fourth-order valence-electron chi connectivity index (χ4n) is 8.32. The summed E-state index contributed by atoms with van der Waals surface area (Å²) in [6.07, 6.45) is 9.68. The van der Waals surface area contributed by atoms with Crippen molar-refractivity contribution in [2.75, 3.05) is 97.9 Å². The Morgan fingerprint density at radius 1 is 0.765 bits per heavy atom. The van der Waals surface area contributed by atoms with E-state index in [9.17, 15) is 14.4 Å². The number of methoxy groups -OCH3 is 2. The van der Waals surface area contributed by atoms with Crippen molar-refractivity contribution in [2.24, 2.45) is 0 Å². The van der Waals surface area contributed by atoms with Crippen LogP contribution in [0.2, 0.25) is 0 Å². The second kappa shape index (κ2) is 20.6. The zero-order valence-corrected chi connectivity index (χ0v) is 38.7. The molecule has 4 saturated heterocycles. The van der Waals surface area contributed by atoms with Crippen LogP contribution in [0.25, 0.3) is 0 Å². The third kappa shape index (κ3) is 11.6. The lowest BCUT2D eigenvalue weighted by atomic mass is 10.0. The van der Waals surface area contributed by atoms with Gasteiger partial charge in [-0.1, -0.05) is 0 Å². The van der Waals surface area contributed by atoms with Crippen molar-refractivity contribution < 1.29 is 52.3 Å². The number of aromatic nitrogens is 8. The van der Waals surface area contributed by atoms with Gasteiger partial charge in [0.15, 0.2) is 23.2 Å².